The van der Waals surface area contributed by atoms with E-state index >= 15 is 0 Å². The number of aliphatic hydroxyl groups excluding tert-OH is 1. The van der Waals surface area contributed by atoms with Crippen molar-refractivity contribution < 1.29 is 9.90 Å². The fourth-order valence-corrected chi connectivity index (χ4v) is 4.05. The molecule has 0 spiro atoms. The Morgan fingerprint density at radius 3 is 2.60 bits per heavy atom. The summed E-state index contributed by atoms with van der Waals surface area (Å²) in [5.74, 6) is 0.539. The summed E-state index contributed by atoms with van der Waals surface area (Å²) >= 11 is 0. The lowest BCUT2D eigenvalue weighted by Crippen LogP contribution is -2.25. The van der Waals surface area contributed by atoms with Crippen LogP contribution in [-0.4, -0.2) is 21.6 Å². The fourth-order valence-electron chi connectivity index (χ4n) is 4.05. The number of fused-ring (bicyclic) bond motifs is 1. The number of benzene rings is 2. The van der Waals surface area contributed by atoms with Gasteiger partial charge < -0.3 is 15.0 Å². The SMILES string of the molecule is Cc1ccc(C(=O)NC2CC2)cc1-c1ccc2c(=O)n(CC3CC3)cc(CO)c2c1. The van der Waals surface area contributed by atoms with Crippen molar-refractivity contribution in [3.8, 4) is 11.1 Å². The van der Waals surface area contributed by atoms with Crippen molar-refractivity contribution in [3.05, 3.63) is 69.6 Å². The maximum absolute atomic E-state index is 13.0. The smallest absolute Gasteiger partial charge is 0.258 e. The predicted molar refractivity (Wildman–Crippen MR) is 118 cm³/mol. The van der Waals surface area contributed by atoms with Gasteiger partial charge in [0.25, 0.3) is 11.5 Å². The van der Waals surface area contributed by atoms with Gasteiger partial charge >= 0.3 is 0 Å². The van der Waals surface area contributed by atoms with Crippen LogP contribution in [0.1, 0.15) is 47.2 Å². The number of aliphatic hydroxyl groups is 1. The number of pyridine rings is 1. The fraction of sp³-hybridized carbons (Fsp3) is 0.360. The molecule has 2 aliphatic rings. The number of carbonyl (C=O) groups is 1. The van der Waals surface area contributed by atoms with Crippen molar-refractivity contribution in [1.29, 1.82) is 0 Å². The van der Waals surface area contributed by atoms with E-state index in [-0.39, 0.29) is 18.1 Å². The molecule has 0 saturated heterocycles. The second-order valence-corrected chi connectivity index (χ2v) is 8.75. The van der Waals surface area contributed by atoms with Crippen LogP contribution in [0.2, 0.25) is 0 Å². The summed E-state index contributed by atoms with van der Waals surface area (Å²) in [7, 11) is 0. The quantitative estimate of drug-likeness (QED) is 0.659. The van der Waals surface area contributed by atoms with Crippen LogP contribution in [0.3, 0.4) is 0 Å². The van der Waals surface area contributed by atoms with E-state index in [0.717, 1.165) is 47.0 Å². The molecule has 1 heterocycles. The first-order valence-electron chi connectivity index (χ1n) is 10.7. The zero-order chi connectivity index (χ0) is 20.8. The summed E-state index contributed by atoms with van der Waals surface area (Å²) in [6.07, 6.45) is 6.25. The molecule has 2 saturated carbocycles. The highest BCUT2D eigenvalue weighted by atomic mass is 16.3. The molecule has 30 heavy (non-hydrogen) atoms. The zero-order valence-corrected chi connectivity index (χ0v) is 17.1. The van der Waals surface area contributed by atoms with Crippen LogP contribution in [0.4, 0.5) is 0 Å². The number of hydrogen-bond donors (Lipinski definition) is 2. The predicted octanol–water partition coefficient (Wildman–Crippen LogP) is 3.77. The molecule has 0 bridgehead atoms. The summed E-state index contributed by atoms with van der Waals surface area (Å²) in [5.41, 5.74) is 4.36. The Labute approximate surface area is 175 Å². The molecule has 2 fully saturated rings. The summed E-state index contributed by atoms with van der Waals surface area (Å²) in [5, 5.41) is 14.4. The van der Waals surface area contributed by atoms with Gasteiger partial charge in [0.2, 0.25) is 0 Å². The molecule has 1 amide bonds. The topological polar surface area (TPSA) is 71.3 Å². The van der Waals surface area contributed by atoms with E-state index in [1.54, 1.807) is 10.8 Å². The summed E-state index contributed by atoms with van der Waals surface area (Å²) < 4.78 is 1.75. The average Bonchev–Trinajstić information content (AvgIpc) is 3.67. The highest BCUT2D eigenvalue weighted by molar-refractivity contribution is 5.97. The largest absolute Gasteiger partial charge is 0.392 e. The second kappa shape index (κ2) is 7.40. The van der Waals surface area contributed by atoms with Crippen LogP contribution in [0.5, 0.6) is 0 Å². The molecule has 154 valence electrons. The molecule has 5 nitrogen and oxygen atoms in total. The minimum Gasteiger partial charge on any atom is -0.392 e. The van der Waals surface area contributed by atoms with Gasteiger partial charge in [-0.05, 0) is 84.9 Å². The van der Waals surface area contributed by atoms with Crippen molar-refractivity contribution in [2.75, 3.05) is 0 Å². The van der Waals surface area contributed by atoms with Crippen molar-refractivity contribution in [3.63, 3.8) is 0 Å². The number of aromatic nitrogens is 1. The van der Waals surface area contributed by atoms with Crippen molar-refractivity contribution in [2.45, 2.75) is 51.8 Å². The van der Waals surface area contributed by atoms with Gasteiger partial charge in [-0.15, -0.1) is 0 Å². The third kappa shape index (κ3) is 3.65. The maximum atomic E-state index is 13.0. The van der Waals surface area contributed by atoms with Crippen LogP contribution in [0.25, 0.3) is 21.9 Å². The van der Waals surface area contributed by atoms with Gasteiger partial charge in [0.1, 0.15) is 0 Å². The van der Waals surface area contributed by atoms with Gasteiger partial charge in [0, 0.05) is 35.3 Å². The van der Waals surface area contributed by atoms with Crippen LogP contribution in [-0.2, 0) is 13.2 Å². The van der Waals surface area contributed by atoms with Crippen LogP contribution in [0, 0.1) is 12.8 Å². The van der Waals surface area contributed by atoms with E-state index in [4.69, 9.17) is 0 Å². The molecule has 1 aromatic heterocycles. The molecule has 0 atom stereocenters. The third-order valence-electron chi connectivity index (χ3n) is 6.21. The highest BCUT2D eigenvalue weighted by Gasteiger charge is 2.24. The Bertz CT molecular complexity index is 1200. The van der Waals surface area contributed by atoms with Gasteiger partial charge in [0.15, 0.2) is 0 Å². The number of amides is 1. The van der Waals surface area contributed by atoms with Gasteiger partial charge in [0.05, 0.1) is 6.61 Å². The first-order chi connectivity index (χ1) is 14.5. The number of carbonyl (C=O) groups excluding carboxylic acids is 1. The van der Waals surface area contributed by atoms with Gasteiger partial charge in [-0.2, -0.15) is 0 Å². The Morgan fingerprint density at radius 1 is 1.10 bits per heavy atom. The lowest BCUT2D eigenvalue weighted by atomic mass is 9.95. The lowest BCUT2D eigenvalue weighted by Gasteiger charge is -2.14. The number of nitrogens with one attached hydrogen (secondary N) is 1. The lowest BCUT2D eigenvalue weighted by molar-refractivity contribution is 0.0951. The van der Waals surface area contributed by atoms with Gasteiger partial charge in [-0.25, -0.2) is 0 Å². The number of rotatable bonds is 6. The molecule has 0 unspecified atom stereocenters. The highest BCUT2D eigenvalue weighted by Crippen LogP contribution is 2.32. The molecule has 2 N–H and O–H groups in total. The summed E-state index contributed by atoms with van der Waals surface area (Å²) in [6, 6.07) is 11.8. The summed E-state index contributed by atoms with van der Waals surface area (Å²) in [4.78, 5) is 25.4. The van der Waals surface area contributed by atoms with Gasteiger partial charge in [-0.3, -0.25) is 9.59 Å². The Balaban J connectivity index is 1.57. The van der Waals surface area contributed by atoms with Crippen molar-refractivity contribution in [1.82, 2.24) is 9.88 Å². The molecule has 0 aliphatic heterocycles. The molecule has 2 aliphatic carbocycles. The summed E-state index contributed by atoms with van der Waals surface area (Å²) in [6.45, 7) is 2.62. The molecule has 5 rings (SSSR count). The average molecular weight is 402 g/mol. The molecular formula is C25H26N2O3. The van der Waals surface area contributed by atoms with E-state index in [0.29, 0.717) is 22.9 Å². The normalized spacial score (nSPS) is 16.1. The molecule has 3 aromatic rings. The maximum Gasteiger partial charge on any atom is 0.258 e. The molecule has 5 heteroatoms. The standard InChI is InChI=1S/C25H26N2O3/c1-15-2-5-18(24(29)26-20-7-8-20)11-22(15)17-6-9-21-23(10-17)19(14-28)13-27(25(21)30)12-16-3-4-16/h2,5-6,9-11,13,16,20,28H,3-4,7-8,12,14H2,1H3,(H,26,29). The molecular weight excluding hydrogens is 376 g/mol. The Morgan fingerprint density at radius 2 is 1.90 bits per heavy atom. The van der Waals surface area contributed by atoms with Crippen molar-refractivity contribution >= 4 is 16.7 Å². The van der Waals surface area contributed by atoms with E-state index < -0.39 is 0 Å². The van der Waals surface area contributed by atoms with Crippen LogP contribution >= 0.6 is 0 Å². The van der Waals surface area contributed by atoms with Crippen molar-refractivity contribution in [2.24, 2.45) is 5.92 Å². The molecule has 2 aromatic carbocycles. The van der Waals surface area contributed by atoms with E-state index in [1.807, 2.05) is 43.3 Å². The minimum absolute atomic E-state index is 0.00469. The van der Waals surface area contributed by atoms with Gasteiger partial charge in [-0.1, -0.05) is 12.1 Å². The number of nitrogens with zero attached hydrogens (tertiary/aromatic N) is 1. The van der Waals surface area contributed by atoms with E-state index in [9.17, 15) is 14.7 Å². The zero-order valence-electron chi connectivity index (χ0n) is 17.1. The second-order valence-electron chi connectivity index (χ2n) is 8.75. The first kappa shape index (κ1) is 19.1. The third-order valence-corrected chi connectivity index (χ3v) is 6.21. The van der Waals surface area contributed by atoms with Crippen LogP contribution < -0.4 is 10.9 Å². The molecule has 0 radical (unpaired) electrons. The Hall–Kier alpha value is -2.92. The van der Waals surface area contributed by atoms with Crippen LogP contribution in [0.15, 0.2) is 47.4 Å². The first-order valence-corrected chi connectivity index (χ1v) is 10.7. The van der Waals surface area contributed by atoms with E-state index in [2.05, 4.69) is 5.32 Å². The Kier molecular flexibility index (Phi) is 4.70. The van der Waals surface area contributed by atoms with E-state index in [1.165, 1.54) is 12.8 Å². The number of hydrogen-bond acceptors (Lipinski definition) is 3. The number of aryl methyl sites for hydroxylation is 1. The monoisotopic (exact) mass is 402 g/mol. The minimum atomic E-state index is -0.117.